The molecule has 1 aromatic rings. The van der Waals surface area contributed by atoms with Gasteiger partial charge in [0, 0.05) is 41.6 Å². The molecule has 7 aliphatic rings. The molecule has 2 amide bonds. The van der Waals surface area contributed by atoms with E-state index in [4.69, 9.17) is 19.5 Å². The molecule has 2 saturated heterocycles. The summed E-state index contributed by atoms with van der Waals surface area (Å²) in [6.45, 7) is 4.61. The Hall–Kier alpha value is -4.98. The minimum absolute atomic E-state index is 0.0209. The summed E-state index contributed by atoms with van der Waals surface area (Å²) >= 11 is 0. The molecular formula is C38H42F2N6O6. The van der Waals surface area contributed by atoms with E-state index in [-0.39, 0.29) is 55.1 Å². The molecule has 2 fully saturated rings. The minimum Gasteiger partial charge on any atom is -0.465 e. The predicted molar refractivity (Wildman–Crippen MR) is 187 cm³/mol. The Balaban J connectivity index is 0.984. The smallest absolute Gasteiger partial charge is 0.411 e. The lowest BCUT2D eigenvalue weighted by Gasteiger charge is -2.34. The number of H-pyrrole nitrogens is 1. The van der Waals surface area contributed by atoms with Crippen LogP contribution in [-0.4, -0.2) is 86.4 Å². The topological polar surface area (TPSA) is 142 Å². The second-order valence-electron chi connectivity index (χ2n) is 15.4. The molecule has 5 heterocycles. The van der Waals surface area contributed by atoms with E-state index >= 15 is 0 Å². The highest BCUT2D eigenvalue weighted by atomic mass is 19.3. The molecule has 0 bridgehead atoms. The number of hydrogen-bond donors (Lipinski definition) is 3. The molecule has 8 rings (SSSR count). The summed E-state index contributed by atoms with van der Waals surface area (Å²) in [6, 6.07) is -1.03. The molecule has 1 aromatic heterocycles. The molecule has 0 radical (unpaired) electrons. The number of nitrogens with zero attached hydrogens (tertiary/aromatic N) is 4. The number of carboxylic acid groups (broad SMARTS) is 1. The molecule has 4 aliphatic heterocycles. The second kappa shape index (κ2) is 12.9. The quantitative estimate of drug-likeness (QED) is 0.299. The van der Waals surface area contributed by atoms with Crippen LogP contribution in [0.2, 0.25) is 0 Å². The van der Waals surface area contributed by atoms with Crippen molar-refractivity contribution in [3.63, 3.8) is 0 Å². The minimum atomic E-state index is -2.90. The number of amides is 2. The van der Waals surface area contributed by atoms with E-state index in [1.54, 1.807) is 11.2 Å². The third-order valence-electron chi connectivity index (χ3n) is 10.7. The van der Waals surface area contributed by atoms with E-state index in [9.17, 15) is 23.5 Å². The predicted octanol–water partition coefficient (Wildman–Crippen LogP) is 6.60. The first-order chi connectivity index (χ1) is 24.8. The lowest BCUT2D eigenvalue weighted by Crippen LogP contribution is -2.43. The first-order valence-corrected chi connectivity index (χ1v) is 17.8. The molecule has 0 aromatic carbocycles. The van der Waals surface area contributed by atoms with Crippen LogP contribution < -0.4 is 5.32 Å². The van der Waals surface area contributed by atoms with Gasteiger partial charge in [-0.15, -0.1) is 0 Å². The van der Waals surface area contributed by atoms with E-state index in [2.05, 4.69) is 45.4 Å². The standard InChI is InChI=1S/C38H42F2N6O6/c1-19-5-10-29(46(19)37(49)52-38(2,3)4)33-41-15-28(43-33)22-6-8-24-23(12-22)18-50-31-14-25-21(13-26(24)31)7-9-27-32(25)44-34(42-27)30-11-20(17-51-35(39)40)16-45(30)36(47)48/h6-9,12-15,18-20,24-25,29-30,32,35H,5,10-11,16-17H2,1-4H3,(H,41,43)(H,42,44)(H,47,48)/t19-,20-,24?,25?,29-,30-,32?/m0/s1. The van der Waals surface area contributed by atoms with E-state index < -0.39 is 24.3 Å². The monoisotopic (exact) mass is 716 g/mol. The summed E-state index contributed by atoms with van der Waals surface area (Å²) in [5.41, 5.74) is 5.16. The van der Waals surface area contributed by atoms with Crippen LogP contribution in [0, 0.1) is 17.8 Å². The van der Waals surface area contributed by atoms with Crippen LogP contribution in [0.4, 0.5) is 18.4 Å². The van der Waals surface area contributed by atoms with Crippen molar-refractivity contribution in [1.29, 1.82) is 0 Å². The number of likely N-dealkylation sites (tertiary alicyclic amines) is 2. The number of allylic oxidation sites excluding steroid dienone is 9. The number of hydrogen-bond acceptors (Lipinski definition) is 8. The zero-order valence-corrected chi connectivity index (χ0v) is 29.4. The molecule has 3 N–H and O–H groups in total. The first-order valence-electron chi connectivity index (χ1n) is 17.8. The third-order valence-corrected chi connectivity index (χ3v) is 10.7. The van der Waals surface area contributed by atoms with Gasteiger partial charge >= 0.3 is 18.8 Å². The van der Waals surface area contributed by atoms with Gasteiger partial charge in [0.2, 0.25) is 0 Å². The van der Waals surface area contributed by atoms with Gasteiger partial charge in [-0.3, -0.25) is 14.8 Å². The van der Waals surface area contributed by atoms with Gasteiger partial charge in [0.15, 0.2) is 0 Å². The Morgan fingerprint density at radius 3 is 2.75 bits per heavy atom. The van der Waals surface area contributed by atoms with Crippen LogP contribution in [0.1, 0.15) is 64.5 Å². The molecule has 7 atom stereocenters. The van der Waals surface area contributed by atoms with Crippen molar-refractivity contribution in [3.8, 4) is 0 Å². The Bertz CT molecular complexity index is 1930. The fourth-order valence-corrected chi connectivity index (χ4v) is 8.30. The molecule has 0 spiro atoms. The van der Waals surface area contributed by atoms with Crippen LogP contribution >= 0.6 is 0 Å². The molecule has 274 valence electrons. The van der Waals surface area contributed by atoms with Crippen molar-refractivity contribution in [2.75, 3.05) is 13.2 Å². The average molecular weight is 717 g/mol. The van der Waals surface area contributed by atoms with Gasteiger partial charge in [0.1, 0.15) is 29.1 Å². The van der Waals surface area contributed by atoms with E-state index in [1.807, 2.05) is 46.0 Å². The highest BCUT2D eigenvalue weighted by Gasteiger charge is 2.45. The molecule has 14 heteroatoms. The van der Waals surface area contributed by atoms with Gasteiger partial charge in [-0.1, -0.05) is 24.3 Å². The maximum absolute atomic E-state index is 13.1. The maximum Gasteiger partial charge on any atom is 0.411 e. The van der Waals surface area contributed by atoms with E-state index in [0.717, 1.165) is 58.1 Å². The largest absolute Gasteiger partial charge is 0.465 e. The number of carbonyl (C=O) groups excluding carboxylic acids is 1. The number of aromatic amines is 1. The Morgan fingerprint density at radius 1 is 1.15 bits per heavy atom. The van der Waals surface area contributed by atoms with Crippen molar-refractivity contribution in [3.05, 3.63) is 94.7 Å². The highest BCUT2D eigenvalue weighted by molar-refractivity contribution is 5.94. The number of amidine groups is 1. The Labute approximate surface area is 300 Å². The molecule has 3 aliphatic carbocycles. The number of fused-ring (bicyclic) bond motifs is 6. The summed E-state index contributed by atoms with van der Waals surface area (Å²) < 4.78 is 41.8. The zero-order chi connectivity index (χ0) is 36.5. The molecular weight excluding hydrogens is 674 g/mol. The summed E-state index contributed by atoms with van der Waals surface area (Å²) in [4.78, 5) is 41.3. The van der Waals surface area contributed by atoms with Crippen molar-refractivity contribution in [1.82, 2.24) is 25.1 Å². The molecule has 12 nitrogen and oxygen atoms in total. The summed E-state index contributed by atoms with van der Waals surface area (Å²) in [5.74, 6) is 1.49. The average Bonchev–Trinajstić information content (AvgIpc) is 3.90. The van der Waals surface area contributed by atoms with Gasteiger partial charge < -0.3 is 29.6 Å². The summed E-state index contributed by atoms with van der Waals surface area (Å²) in [6.07, 6.45) is 18.7. The Kier molecular flexibility index (Phi) is 8.47. The highest BCUT2D eigenvalue weighted by Crippen LogP contribution is 2.46. The number of alkyl halides is 2. The zero-order valence-electron chi connectivity index (χ0n) is 29.4. The Morgan fingerprint density at radius 2 is 1.98 bits per heavy atom. The van der Waals surface area contributed by atoms with Gasteiger partial charge in [0.25, 0.3) is 0 Å². The van der Waals surface area contributed by atoms with Crippen LogP contribution in [0.3, 0.4) is 0 Å². The second-order valence-corrected chi connectivity index (χ2v) is 15.4. The number of halogens is 2. The third kappa shape index (κ3) is 6.26. The number of aromatic nitrogens is 2. The van der Waals surface area contributed by atoms with Crippen LogP contribution in [-0.2, 0) is 14.2 Å². The normalized spacial score (nSPS) is 30.4. The van der Waals surface area contributed by atoms with Crippen molar-refractivity contribution >= 4 is 23.6 Å². The number of ether oxygens (including phenoxy) is 3. The van der Waals surface area contributed by atoms with Crippen LogP contribution in [0.25, 0.3) is 5.57 Å². The molecule has 52 heavy (non-hydrogen) atoms. The lowest BCUT2D eigenvalue weighted by molar-refractivity contribution is -0.137. The molecule has 0 saturated carbocycles. The summed E-state index contributed by atoms with van der Waals surface area (Å²) in [7, 11) is 0. The number of carbonyl (C=O) groups is 2. The number of nitrogens with one attached hydrogen (secondary N) is 2. The fourth-order valence-electron chi connectivity index (χ4n) is 8.30. The van der Waals surface area contributed by atoms with Crippen molar-refractivity contribution in [2.24, 2.45) is 22.7 Å². The van der Waals surface area contributed by atoms with Crippen LogP contribution in [0.15, 0.2) is 88.2 Å². The lowest BCUT2D eigenvalue weighted by atomic mass is 9.75. The van der Waals surface area contributed by atoms with Crippen LogP contribution in [0.5, 0.6) is 0 Å². The van der Waals surface area contributed by atoms with Gasteiger partial charge in [-0.25, -0.2) is 14.6 Å². The van der Waals surface area contributed by atoms with Crippen molar-refractivity contribution < 1.29 is 37.7 Å². The first kappa shape index (κ1) is 34.1. The number of rotatable bonds is 6. The molecule has 3 unspecified atom stereocenters. The van der Waals surface area contributed by atoms with Gasteiger partial charge in [0.05, 0.1) is 36.8 Å². The maximum atomic E-state index is 13.1. The van der Waals surface area contributed by atoms with E-state index in [1.165, 1.54) is 4.90 Å². The SMILES string of the molecule is C[C@H]1CC[C@@H](c2ncc(C3=CC4=COC5=CC6C(=CC=C7NC([C@@H]8C[C@H](COC(F)F)CN8C(=O)O)=NC76)C=C5C4C=C3)[nH]2)N1C(=O)OC(C)(C)C. The number of aliphatic imine (C=N–C) groups is 1. The number of imidazole rings is 1. The van der Waals surface area contributed by atoms with E-state index in [0.29, 0.717) is 12.3 Å². The fraction of sp³-hybridized carbons (Fsp3) is 0.474. The van der Waals surface area contributed by atoms with Gasteiger partial charge in [-0.2, -0.15) is 8.78 Å². The van der Waals surface area contributed by atoms with Gasteiger partial charge in [-0.05, 0) is 81.9 Å². The summed E-state index contributed by atoms with van der Waals surface area (Å²) in [5, 5.41) is 13.2. The van der Waals surface area contributed by atoms with Crippen molar-refractivity contribution in [2.45, 2.75) is 83.3 Å².